The van der Waals surface area contributed by atoms with E-state index in [9.17, 15) is 4.79 Å². The number of aromatic nitrogens is 4. The molecule has 0 unspecified atom stereocenters. The Balaban J connectivity index is 1.33. The van der Waals surface area contributed by atoms with Crippen LogP contribution in [0.5, 0.6) is 0 Å². The molecule has 3 heterocycles. The van der Waals surface area contributed by atoms with E-state index in [2.05, 4.69) is 20.3 Å². The van der Waals surface area contributed by atoms with Crippen LogP contribution in [0.2, 0.25) is 0 Å². The van der Waals surface area contributed by atoms with Gasteiger partial charge in [-0.15, -0.1) is 0 Å². The summed E-state index contributed by atoms with van der Waals surface area (Å²) in [5, 5.41) is 2.91. The van der Waals surface area contributed by atoms with Crippen molar-refractivity contribution in [2.75, 3.05) is 0 Å². The van der Waals surface area contributed by atoms with Gasteiger partial charge in [-0.05, 0) is 37.0 Å². The van der Waals surface area contributed by atoms with E-state index in [4.69, 9.17) is 0 Å². The van der Waals surface area contributed by atoms with Crippen molar-refractivity contribution >= 4 is 11.6 Å². The van der Waals surface area contributed by atoms with Crippen molar-refractivity contribution in [1.82, 2.24) is 24.7 Å². The van der Waals surface area contributed by atoms with Crippen molar-refractivity contribution in [1.29, 1.82) is 0 Å². The monoisotopic (exact) mass is 369 g/mol. The Morgan fingerprint density at radius 3 is 2.82 bits per heavy atom. The molecule has 0 saturated carbocycles. The zero-order valence-corrected chi connectivity index (χ0v) is 15.3. The summed E-state index contributed by atoms with van der Waals surface area (Å²) in [7, 11) is 0. The van der Waals surface area contributed by atoms with Crippen LogP contribution in [0.25, 0.3) is 16.9 Å². The Labute approximate surface area is 162 Å². The van der Waals surface area contributed by atoms with Gasteiger partial charge in [0.05, 0.1) is 17.8 Å². The van der Waals surface area contributed by atoms with Gasteiger partial charge in [0.25, 0.3) is 5.91 Å². The van der Waals surface area contributed by atoms with Gasteiger partial charge >= 0.3 is 0 Å². The maximum Gasteiger partial charge on any atom is 0.253 e. The van der Waals surface area contributed by atoms with E-state index in [0.717, 1.165) is 41.9 Å². The van der Waals surface area contributed by atoms with Crippen LogP contribution in [-0.4, -0.2) is 25.3 Å². The average molecular weight is 369 g/mol. The number of imidazole rings is 1. The van der Waals surface area contributed by atoms with Crippen LogP contribution in [0, 0.1) is 0 Å². The van der Waals surface area contributed by atoms with Crippen LogP contribution in [-0.2, 0) is 19.4 Å². The van der Waals surface area contributed by atoms with Crippen molar-refractivity contribution in [2.45, 2.75) is 25.8 Å². The number of hydrogen-bond donors (Lipinski definition) is 1. The van der Waals surface area contributed by atoms with E-state index in [1.54, 1.807) is 12.3 Å². The molecule has 1 aromatic carbocycles. The number of pyridine rings is 1. The first-order valence-corrected chi connectivity index (χ1v) is 9.42. The number of aryl methyl sites for hydroxylation is 2. The maximum absolute atomic E-state index is 12.6. The zero-order chi connectivity index (χ0) is 18.9. The molecular weight excluding hydrogens is 350 g/mol. The molecule has 1 N–H and O–H groups in total. The zero-order valence-electron chi connectivity index (χ0n) is 15.3. The van der Waals surface area contributed by atoms with Crippen LogP contribution < -0.4 is 5.32 Å². The first kappa shape index (κ1) is 16.6. The Morgan fingerprint density at radius 2 is 1.93 bits per heavy atom. The van der Waals surface area contributed by atoms with Gasteiger partial charge in [0.1, 0.15) is 11.5 Å². The standard InChI is InChI=1S/C22H19N5O/c28-22(24-12-20-23-11-16-7-4-8-18(16)25-20)17-9-10-21-26-19(14-27(21)13-17)15-5-2-1-3-6-15/h1-3,5-6,9-11,13-14H,4,7-8,12H2,(H,24,28). The summed E-state index contributed by atoms with van der Waals surface area (Å²) in [4.78, 5) is 26.1. The number of rotatable bonds is 4. The Hall–Kier alpha value is -3.54. The smallest absolute Gasteiger partial charge is 0.253 e. The quantitative estimate of drug-likeness (QED) is 0.600. The predicted molar refractivity (Wildman–Crippen MR) is 106 cm³/mol. The summed E-state index contributed by atoms with van der Waals surface area (Å²) in [6.07, 6.45) is 8.81. The number of nitrogens with zero attached hydrogens (tertiary/aromatic N) is 4. The highest BCUT2D eigenvalue weighted by Crippen LogP contribution is 2.20. The Bertz CT molecular complexity index is 1170. The fourth-order valence-electron chi connectivity index (χ4n) is 3.58. The highest BCUT2D eigenvalue weighted by Gasteiger charge is 2.14. The van der Waals surface area contributed by atoms with Crippen LogP contribution in [0.15, 0.2) is 61.1 Å². The first-order chi connectivity index (χ1) is 13.8. The number of hydrogen-bond acceptors (Lipinski definition) is 4. The molecule has 6 nitrogen and oxygen atoms in total. The summed E-state index contributed by atoms with van der Waals surface area (Å²) < 4.78 is 1.88. The second-order valence-electron chi connectivity index (χ2n) is 6.97. The second kappa shape index (κ2) is 6.88. The first-order valence-electron chi connectivity index (χ1n) is 9.42. The molecule has 28 heavy (non-hydrogen) atoms. The van der Waals surface area contributed by atoms with E-state index in [1.807, 2.05) is 53.2 Å². The van der Waals surface area contributed by atoms with Crippen molar-refractivity contribution in [3.05, 3.63) is 83.7 Å². The summed E-state index contributed by atoms with van der Waals surface area (Å²) in [5.74, 6) is 0.505. The minimum atomic E-state index is -0.152. The number of amides is 1. The van der Waals surface area contributed by atoms with Gasteiger partial charge in [-0.1, -0.05) is 30.3 Å². The molecule has 3 aromatic heterocycles. The highest BCUT2D eigenvalue weighted by atomic mass is 16.1. The molecule has 4 aromatic rings. The molecule has 0 atom stereocenters. The molecule has 0 fully saturated rings. The fourth-order valence-corrected chi connectivity index (χ4v) is 3.58. The largest absolute Gasteiger partial charge is 0.345 e. The van der Waals surface area contributed by atoms with E-state index < -0.39 is 0 Å². The second-order valence-corrected chi connectivity index (χ2v) is 6.97. The van der Waals surface area contributed by atoms with Crippen LogP contribution >= 0.6 is 0 Å². The number of nitrogens with one attached hydrogen (secondary N) is 1. The maximum atomic E-state index is 12.6. The molecular formula is C22H19N5O. The van der Waals surface area contributed by atoms with Crippen molar-refractivity contribution in [3.63, 3.8) is 0 Å². The van der Waals surface area contributed by atoms with E-state index in [1.165, 1.54) is 5.56 Å². The lowest BCUT2D eigenvalue weighted by Crippen LogP contribution is -2.24. The highest BCUT2D eigenvalue weighted by molar-refractivity contribution is 5.94. The lowest BCUT2D eigenvalue weighted by Gasteiger charge is -2.06. The third-order valence-corrected chi connectivity index (χ3v) is 5.05. The SMILES string of the molecule is O=C(NCc1ncc2c(n1)CCC2)c1ccc2nc(-c3ccccc3)cn2c1. The minimum absolute atomic E-state index is 0.152. The topological polar surface area (TPSA) is 72.2 Å². The fraction of sp³-hybridized carbons (Fsp3) is 0.182. The van der Waals surface area contributed by atoms with Crippen LogP contribution in [0.1, 0.15) is 33.9 Å². The molecule has 138 valence electrons. The molecule has 1 amide bonds. The molecule has 1 aliphatic rings. The van der Waals surface area contributed by atoms with Gasteiger partial charge in [0.15, 0.2) is 0 Å². The van der Waals surface area contributed by atoms with Crippen molar-refractivity contribution in [2.24, 2.45) is 0 Å². The number of fused-ring (bicyclic) bond motifs is 2. The van der Waals surface area contributed by atoms with Crippen LogP contribution in [0.4, 0.5) is 0 Å². The van der Waals surface area contributed by atoms with Gasteiger partial charge in [-0.3, -0.25) is 4.79 Å². The van der Waals surface area contributed by atoms with Crippen molar-refractivity contribution in [3.8, 4) is 11.3 Å². The van der Waals surface area contributed by atoms with Crippen molar-refractivity contribution < 1.29 is 4.79 Å². The lowest BCUT2D eigenvalue weighted by molar-refractivity contribution is 0.0949. The molecule has 0 aliphatic heterocycles. The predicted octanol–water partition coefficient (Wildman–Crippen LogP) is 3.21. The molecule has 0 spiro atoms. The van der Waals surface area contributed by atoms with Crippen LogP contribution in [0.3, 0.4) is 0 Å². The van der Waals surface area contributed by atoms with Gasteiger partial charge in [0, 0.05) is 29.8 Å². The minimum Gasteiger partial charge on any atom is -0.345 e. The van der Waals surface area contributed by atoms with E-state index in [-0.39, 0.29) is 5.91 Å². The Morgan fingerprint density at radius 1 is 1.04 bits per heavy atom. The summed E-state index contributed by atoms with van der Waals surface area (Å²) in [5.41, 5.74) is 5.65. The number of benzene rings is 1. The average Bonchev–Trinajstić information content (AvgIpc) is 3.38. The van der Waals surface area contributed by atoms with Gasteiger partial charge in [-0.25, -0.2) is 15.0 Å². The van der Waals surface area contributed by atoms with Gasteiger partial charge in [-0.2, -0.15) is 0 Å². The molecule has 0 saturated heterocycles. The summed E-state index contributed by atoms with van der Waals surface area (Å²) in [6.45, 7) is 0.323. The Kier molecular flexibility index (Phi) is 4.09. The molecule has 1 aliphatic carbocycles. The van der Waals surface area contributed by atoms with E-state index >= 15 is 0 Å². The molecule has 0 radical (unpaired) electrons. The third kappa shape index (κ3) is 3.13. The summed E-state index contributed by atoms with van der Waals surface area (Å²) in [6, 6.07) is 13.6. The normalized spacial score (nSPS) is 12.9. The molecule has 6 heteroatoms. The third-order valence-electron chi connectivity index (χ3n) is 5.05. The molecule has 5 rings (SSSR count). The molecule has 0 bridgehead atoms. The van der Waals surface area contributed by atoms with Gasteiger partial charge < -0.3 is 9.72 Å². The van der Waals surface area contributed by atoms with E-state index in [0.29, 0.717) is 17.9 Å². The number of carbonyl (C=O) groups is 1. The summed E-state index contributed by atoms with van der Waals surface area (Å²) >= 11 is 0. The van der Waals surface area contributed by atoms with Gasteiger partial charge in [0.2, 0.25) is 0 Å². The number of carbonyl (C=O) groups excluding carboxylic acids is 1. The lowest BCUT2D eigenvalue weighted by atomic mass is 10.2.